The first-order valence-electron chi connectivity index (χ1n) is 7.85. The second kappa shape index (κ2) is 8.08. The summed E-state index contributed by atoms with van der Waals surface area (Å²) in [6, 6.07) is 16.6. The fourth-order valence-corrected chi connectivity index (χ4v) is 3.42. The van der Waals surface area contributed by atoms with Crippen LogP contribution < -0.4 is 5.32 Å². The molecule has 130 valence electrons. The number of carbonyl (C=O) groups is 2. The van der Waals surface area contributed by atoms with Gasteiger partial charge < -0.3 is 0 Å². The predicted octanol–water partition coefficient (Wildman–Crippen LogP) is 5.32. The molecule has 0 unspecified atom stereocenters. The molecule has 0 spiro atoms. The third-order valence-electron chi connectivity index (χ3n) is 3.50. The van der Waals surface area contributed by atoms with Crippen molar-refractivity contribution in [2.45, 2.75) is 6.92 Å². The number of benzene rings is 2. The van der Waals surface area contributed by atoms with E-state index in [2.05, 4.69) is 10.3 Å². The summed E-state index contributed by atoms with van der Waals surface area (Å²) in [5, 5.41) is 3.70. The van der Waals surface area contributed by atoms with Gasteiger partial charge in [0.25, 0.3) is 0 Å². The van der Waals surface area contributed by atoms with Crippen LogP contribution in [0.25, 0.3) is 17.3 Å². The van der Waals surface area contributed by atoms with Crippen molar-refractivity contribution in [2.75, 3.05) is 5.32 Å². The Kier molecular flexibility index (Phi) is 5.61. The van der Waals surface area contributed by atoms with Crippen molar-refractivity contribution in [1.82, 2.24) is 4.98 Å². The van der Waals surface area contributed by atoms with Gasteiger partial charge in [-0.25, -0.2) is 4.98 Å². The summed E-state index contributed by atoms with van der Waals surface area (Å²) >= 11 is 7.09. The van der Waals surface area contributed by atoms with Crippen molar-refractivity contribution < 1.29 is 9.59 Å². The van der Waals surface area contributed by atoms with Crippen molar-refractivity contribution in [3.05, 3.63) is 76.1 Å². The highest BCUT2D eigenvalue weighted by Gasteiger charge is 2.17. The molecule has 0 aliphatic carbocycles. The van der Waals surface area contributed by atoms with Crippen LogP contribution in [-0.2, 0) is 4.79 Å². The molecule has 0 saturated carbocycles. The SMILES string of the molecule is CC(=O)c1sc(NC(=O)/C=C/c2cccc(Cl)c2)nc1-c1ccccc1. The highest BCUT2D eigenvalue weighted by Crippen LogP contribution is 2.31. The molecule has 3 aromatic rings. The Hall–Kier alpha value is -2.76. The second-order valence-corrected chi connectivity index (χ2v) is 6.93. The molecule has 26 heavy (non-hydrogen) atoms. The summed E-state index contributed by atoms with van der Waals surface area (Å²) in [4.78, 5) is 29.0. The van der Waals surface area contributed by atoms with Crippen molar-refractivity contribution in [3.8, 4) is 11.3 Å². The van der Waals surface area contributed by atoms with Crippen molar-refractivity contribution in [1.29, 1.82) is 0 Å². The summed E-state index contributed by atoms with van der Waals surface area (Å²) in [7, 11) is 0. The molecule has 0 aliphatic heterocycles. The molecule has 0 bridgehead atoms. The van der Waals surface area contributed by atoms with Gasteiger partial charge in [-0.05, 0) is 23.8 Å². The van der Waals surface area contributed by atoms with Crippen LogP contribution in [0.1, 0.15) is 22.2 Å². The molecular formula is C20H15ClN2O2S. The molecule has 6 heteroatoms. The zero-order chi connectivity index (χ0) is 18.5. The summed E-state index contributed by atoms with van der Waals surface area (Å²) in [5.41, 5.74) is 2.24. The number of nitrogens with zero attached hydrogens (tertiary/aromatic N) is 1. The number of amides is 1. The smallest absolute Gasteiger partial charge is 0.250 e. The summed E-state index contributed by atoms with van der Waals surface area (Å²) < 4.78 is 0. The van der Waals surface area contributed by atoms with Crippen molar-refractivity contribution in [2.24, 2.45) is 0 Å². The number of hydrogen-bond acceptors (Lipinski definition) is 4. The molecular weight excluding hydrogens is 368 g/mol. The number of hydrogen-bond donors (Lipinski definition) is 1. The molecule has 0 atom stereocenters. The van der Waals surface area contributed by atoms with E-state index in [-0.39, 0.29) is 11.7 Å². The van der Waals surface area contributed by atoms with Gasteiger partial charge in [0.05, 0.1) is 10.6 Å². The number of ketones is 1. The number of rotatable bonds is 5. The lowest BCUT2D eigenvalue weighted by atomic mass is 10.1. The fraction of sp³-hybridized carbons (Fsp3) is 0.0500. The minimum Gasteiger partial charge on any atom is -0.298 e. The van der Waals surface area contributed by atoms with Gasteiger partial charge in [-0.1, -0.05) is 65.4 Å². The number of carbonyl (C=O) groups excluding carboxylic acids is 2. The van der Waals surface area contributed by atoms with Gasteiger partial charge in [0, 0.05) is 23.6 Å². The first kappa shape index (κ1) is 18.0. The van der Waals surface area contributed by atoms with E-state index in [1.54, 1.807) is 18.2 Å². The number of nitrogens with one attached hydrogen (secondary N) is 1. The van der Waals surface area contributed by atoms with E-state index in [4.69, 9.17) is 11.6 Å². The van der Waals surface area contributed by atoms with Crippen LogP contribution in [0.4, 0.5) is 5.13 Å². The third kappa shape index (κ3) is 4.45. The minimum atomic E-state index is -0.326. The quantitative estimate of drug-likeness (QED) is 0.480. The lowest BCUT2D eigenvalue weighted by molar-refractivity contribution is -0.111. The van der Waals surface area contributed by atoms with Gasteiger partial charge in [0.1, 0.15) is 0 Å². The molecule has 1 aromatic heterocycles. The van der Waals surface area contributed by atoms with Crippen LogP contribution in [0.5, 0.6) is 0 Å². The topological polar surface area (TPSA) is 59.1 Å². The Morgan fingerprint density at radius 1 is 1.12 bits per heavy atom. The van der Waals surface area contributed by atoms with E-state index in [9.17, 15) is 9.59 Å². The Balaban J connectivity index is 1.79. The Labute approximate surface area is 160 Å². The standard InChI is InChI=1S/C20H15ClN2O2S/c1-13(24)19-18(15-7-3-2-4-8-15)23-20(26-19)22-17(25)11-10-14-6-5-9-16(21)12-14/h2-12H,1H3,(H,22,23,25)/b11-10+. The van der Waals surface area contributed by atoms with E-state index >= 15 is 0 Å². The first-order chi connectivity index (χ1) is 12.5. The Morgan fingerprint density at radius 3 is 2.58 bits per heavy atom. The summed E-state index contributed by atoms with van der Waals surface area (Å²) in [5.74, 6) is -0.412. The molecule has 0 saturated heterocycles. The van der Waals surface area contributed by atoms with Crippen molar-refractivity contribution in [3.63, 3.8) is 0 Å². The maximum Gasteiger partial charge on any atom is 0.250 e. The first-order valence-corrected chi connectivity index (χ1v) is 9.04. The lowest BCUT2D eigenvalue weighted by Gasteiger charge is -1.98. The number of anilines is 1. The maximum absolute atomic E-state index is 12.1. The molecule has 2 aromatic carbocycles. The van der Waals surface area contributed by atoms with Gasteiger partial charge in [0.2, 0.25) is 5.91 Å². The van der Waals surface area contributed by atoms with Gasteiger partial charge in [-0.2, -0.15) is 0 Å². The number of Topliss-reactive ketones (excluding diaryl/α,β-unsaturated/α-hetero) is 1. The Bertz CT molecular complexity index is 980. The molecule has 3 rings (SSSR count). The largest absolute Gasteiger partial charge is 0.298 e. The number of halogens is 1. The molecule has 1 heterocycles. The van der Waals surface area contributed by atoms with Crippen LogP contribution in [0.3, 0.4) is 0 Å². The molecule has 4 nitrogen and oxygen atoms in total. The van der Waals surface area contributed by atoms with E-state index < -0.39 is 0 Å². The van der Waals surface area contributed by atoms with Gasteiger partial charge >= 0.3 is 0 Å². The van der Waals surface area contributed by atoms with Crippen LogP contribution in [-0.4, -0.2) is 16.7 Å². The highest BCUT2D eigenvalue weighted by molar-refractivity contribution is 7.18. The van der Waals surface area contributed by atoms with Crippen LogP contribution >= 0.6 is 22.9 Å². The average Bonchev–Trinajstić information content (AvgIpc) is 3.05. The number of aromatic nitrogens is 1. The fourth-order valence-electron chi connectivity index (χ4n) is 2.33. The van der Waals surface area contributed by atoms with Crippen LogP contribution in [0.15, 0.2) is 60.7 Å². The monoisotopic (exact) mass is 382 g/mol. The van der Waals surface area contributed by atoms with Gasteiger partial charge in [-0.15, -0.1) is 0 Å². The van der Waals surface area contributed by atoms with E-state index in [0.717, 1.165) is 11.1 Å². The Morgan fingerprint density at radius 2 is 1.88 bits per heavy atom. The molecule has 1 N–H and O–H groups in total. The predicted molar refractivity (Wildman–Crippen MR) is 107 cm³/mol. The van der Waals surface area contributed by atoms with Gasteiger partial charge in [0.15, 0.2) is 10.9 Å². The molecule has 0 radical (unpaired) electrons. The maximum atomic E-state index is 12.1. The average molecular weight is 383 g/mol. The van der Waals surface area contributed by atoms with Crippen LogP contribution in [0, 0.1) is 0 Å². The molecule has 0 fully saturated rings. The molecule has 1 amide bonds. The second-order valence-electron chi connectivity index (χ2n) is 5.50. The van der Waals surface area contributed by atoms with E-state index in [1.165, 1.54) is 24.3 Å². The van der Waals surface area contributed by atoms with E-state index in [0.29, 0.717) is 20.7 Å². The highest BCUT2D eigenvalue weighted by atomic mass is 35.5. The number of thiazole rings is 1. The molecule has 0 aliphatic rings. The lowest BCUT2D eigenvalue weighted by Crippen LogP contribution is -2.07. The summed E-state index contributed by atoms with van der Waals surface area (Å²) in [6.07, 6.45) is 3.07. The van der Waals surface area contributed by atoms with E-state index in [1.807, 2.05) is 42.5 Å². The van der Waals surface area contributed by atoms with Crippen molar-refractivity contribution >= 4 is 45.8 Å². The zero-order valence-electron chi connectivity index (χ0n) is 13.9. The minimum absolute atomic E-state index is 0.0867. The van der Waals surface area contributed by atoms with Crippen LogP contribution in [0.2, 0.25) is 5.02 Å². The van der Waals surface area contributed by atoms with Gasteiger partial charge in [-0.3, -0.25) is 14.9 Å². The third-order valence-corrected chi connectivity index (χ3v) is 4.81. The zero-order valence-corrected chi connectivity index (χ0v) is 15.5. The summed E-state index contributed by atoms with van der Waals surface area (Å²) in [6.45, 7) is 1.49. The normalized spacial score (nSPS) is 10.8.